The van der Waals surface area contributed by atoms with Gasteiger partial charge in [-0.2, -0.15) is 0 Å². The van der Waals surface area contributed by atoms with Crippen LogP contribution in [0.15, 0.2) is 72.8 Å². The molecule has 2 aromatic carbocycles. The highest BCUT2D eigenvalue weighted by molar-refractivity contribution is 6.28. The number of hydrogen-bond donors (Lipinski definition) is 0. The lowest BCUT2D eigenvalue weighted by atomic mass is 10.2. The predicted octanol–water partition coefficient (Wildman–Crippen LogP) is 1.95. The molecule has 2 aliphatic heterocycles. The van der Waals surface area contributed by atoms with Crippen molar-refractivity contribution in [3.8, 4) is 0 Å². The number of imide groups is 2. The van der Waals surface area contributed by atoms with E-state index in [0.29, 0.717) is 11.4 Å². The maximum atomic E-state index is 12.2. The largest absolute Gasteiger partial charge is 0.462 e. The first-order chi connectivity index (χ1) is 16.8. The molecule has 2 aliphatic rings. The second-order valence-corrected chi connectivity index (χ2v) is 7.41. The molecule has 4 amide bonds. The van der Waals surface area contributed by atoms with Crippen LogP contribution in [0.25, 0.3) is 0 Å². The predicted molar refractivity (Wildman–Crippen MR) is 121 cm³/mol. The van der Waals surface area contributed by atoms with Gasteiger partial charge in [-0.1, -0.05) is 0 Å². The summed E-state index contributed by atoms with van der Waals surface area (Å²) >= 11 is 0. The van der Waals surface area contributed by atoms with Crippen LogP contribution in [-0.2, 0) is 28.7 Å². The van der Waals surface area contributed by atoms with Gasteiger partial charge in [0, 0.05) is 30.7 Å². The molecule has 0 aromatic heterocycles. The van der Waals surface area contributed by atoms with Crippen LogP contribution in [0.5, 0.6) is 0 Å². The molecule has 0 aliphatic carbocycles. The van der Waals surface area contributed by atoms with E-state index in [0.717, 1.165) is 9.80 Å². The maximum Gasteiger partial charge on any atom is 0.338 e. The Morgan fingerprint density at radius 2 is 0.857 bits per heavy atom. The Balaban J connectivity index is 1.19. The van der Waals surface area contributed by atoms with Gasteiger partial charge in [-0.3, -0.25) is 19.2 Å². The average molecular weight is 474 g/mol. The molecule has 0 N–H and O–H groups in total. The van der Waals surface area contributed by atoms with E-state index in [1.54, 1.807) is 0 Å². The molecule has 176 valence electrons. The summed E-state index contributed by atoms with van der Waals surface area (Å²) in [6.45, 7) is 0.0119. The van der Waals surface area contributed by atoms with Crippen LogP contribution < -0.4 is 9.80 Å². The second kappa shape index (κ2) is 9.96. The van der Waals surface area contributed by atoms with Crippen LogP contribution in [0.2, 0.25) is 0 Å². The van der Waals surface area contributed by atoms with E-state index in [1.807, 2.05) is 0 Å². The zero-order valence-corrected chi connectivity index (χ0v) is 18.2. The number of carbonyl (C=O) groups excluding carboxylic acids is 6. The minimum absolute atomic E-state index is 0.00595. The van der Waals surface area contributed by atoms with Crippen LogP contribution >= 0.6 is 0 Å². The summed E-state index contributed by atoms with van der Waals surface area (Å²) in [5.41, 5.74) is 1.17. The first-order valence-corrected chi connectivity index (χ1v) is 10.5. The van der Waals surface area contributed by atoms with Gasteiger partial charge in [0.1, 0.15) is 0 Å². The van der Waals surface area contributed by atoms with E-state index < -0.39 is 35.6 Å². The summed E-state index contributed by atoms with van der Waals surface area (Å²) in [5.74, 6) is -3.02. The van der Waals surface area contributed by atoms with Gasteiger partial charge in [0.15, 0.2) is 0 Å². The summed E-state index contributed by atoms with van der Waals surface area (Å²) in [4.78, 5) is 73.1. The molecule has 0 bridgehead atoms. The monoisotopic (exact) mass is 474 g/mol. The SMILES string of the molecule is O=C(OCCCOC(=O)c1ccc(N2C(=O)C=CC2=O)cc1)c1ccc(N2C(=O)C=CC2=O)cc1. The van der Waals surface area contributed by atoms with Gasteiger partial charge in [0.2, 0.25) is 0 Å². The molecule has 35 heavy (non-hydrogen) atoms. The summed E-state index contributed by atoms with van der Waals surface area (Å²) in [5, 5.41) is 0. The van der Waals surface area contributed by atoms with Crippen LogP contribution in [0.3, 0.4) is 0 Å². The van der Waals surface area contributed by atoms with Crippen LogP contribution in [-0.4, -0.2) is 48.8 Å². The quantitative estimate of drug-likeness (QED) is 0.323. The lowest BCUT2D eigenvalue weighted by Crippen LogP contribution is -2.29. The zero-order chi connectivity index (χ0) is 24.9. The summed E-state index contributed by atoms with van der Waals surface area (Å²) in [6.07, 6.45) is 4.94. The van der Waals surface area contributed by atoms with Crippen molar-refractivity contribution in [2.75, 3.05) is 23.0 Å². The van der Waals surface area contributed by atoms with E-state index in [1.165, 1.54) is 72.8 Å². The van der Waals surface area contributed by atoms with Crippen molar-refractivity contribution < 1.29 is 38.2 Å². The number of nitrogens with zero attached hydrogens (tertiary/aromatic N) is 2. The summed E-state index contributed by atoms with van der Waals surface area (Å²) in [7, 11) is 0. The van der Waals surface area contributed by atoms with Gasteiger partial charge < -0.3 is 9.47 Å². The molecule has 0 saturated carbocycles. The topological polar surface area (TPSA) is 127 Å². The van der Waals surface area contributed by atoms with E-state index in [2.05, 4.69) is 0 Å². The molecule has 10 nitrogen and oxygen atoms in total. The molecular weight excluding hydrogens is 456 g/mol. The normalized spacial score (nSPS) is 14.7. The Morgan fingerprint density at radius 1 is 0.543 bits per heavy atom. The lowest BCUT2D eigenvalue weighted by molar-refractivity contribution is -0.121. The lowest BCUT2D eigenvalue weighted by Gasteiger charge is -2.14. The molecule has 4 rings (SSSR count). The van der Waals surface area contributed by atoms with Gasteiger partial charge >= 0.3 is 11.9 Å². The highest BCUT2D eigenvalue weighted by Crippen LogP contribution is 2.21. The number of anilines is 2. The summed E-state index contributed by atoms with van der Waals surface area (Å²) in [6, 6.07) is 11.7. The zero-order valence-electron chi connectivity index (χ0n) is 18.2. The van der Waals surface area contributed by atoms with Crippen LogP contribution in [0, 0.1) is 0 Å². The van der Waals surface area contributed by atoms with Crippen LogP contribution in [0.4, 0.5) is 11.4 Å². The first-order valence-electron chi connectivity index (χ1n) is 10.5. The first kappa shape index (κ1) is 23.3. The van der Waals surface area contributed by atoms with E-state index in [4.69, 9.17) is 9.47 Å². The van der Waals surface area contributed by atoms with E-state index in [-0.39, 0.29) is 30.8 Å². The number of esters is 2. The van der Waals surface area contributed by atoms with Crippen molar-refractivity contribution in [2.24, 2.45) is 0 Å². The smallest absolute Gasteiger partial charge is 0.338 e. The Kier molecular flexibility index (Phi) is 6.63. The van der Waals surface area contributed by atoms with Gasteiger partial charge in [-0.05, 0) is 48.5 Å². The third kappa shape index (κ3) is 5.06. The third-order valence-electron chi connectivity index (χ3n) is 5.10. The molecule has 0 atom stereocenters. The molecule has 0 spiro atoms. The minimum atomic E-state index is -0.601. The van der Waals surface area contributed by atoms with Gasteiger partial charge in [0.25, 0.3) is 23.6 Å². The van der Waals surface area contributed by atoms with E-state index >= 15 is 0 Å². The molecule has 10 heteroatoms. The molecule has 0 unspecified atom stereocenters. The van der Waals surface area contributed by atoms with Gasteiger partial charge in [-0.15, -0.1) is 0 Å². The molecule has 0 radical (unpaired) electrons. The van der Waals surface area contributed by atoms with Gasteiger partial charge in [0.05, 0.1) is 35.7 Å². The number of hydrogen-bond acceptors (Lipinski definition) is 8. The molecule has 0 saturated heterocycles. The highest BCUT2D eigenvalue weighted by Gasteiger charge is 2.26. The van der Waals surface area contributed by atoms with Crippen LogP contribution in [0.1, 0.15) is 27.1 Å². The van der Waals surface area contributed by atoms with Crippen molar-refractivity contribution in [1.29, 1.82) is 0 Å². The third-order valence-corrected chi connectivity index (χ3v) is 5.10. The van der Waals surface area contributed by atoms with Gasteiger partial charge in [-0.25, -0.2) is 19.4 Å². The fraction of sp³-hybridized carbons (Fsp3) is 0.120. The average Bonchev–Trinajstić information content (AvgIpc) is 3.38. The Bertz CT molecular complexity index is 1140. The Hall–Kier alpha value is -4.86. The number of carbonyl (C=O) groups is 6. The highest BCUT2D eigenvalue weighted by atomic mass is 16.5. The van der Waals surface area contributed by atoms with Crippen molar-refractivity contribution in [1.82, 2.24) is 0 Å². The number of ether oxygens (including phenoxy) is 2. The Morgan fingerprint density at radius 3 is 1.17 bits per heavy atom. The molecular formula is C25H18N2O8. The molecule has 2 heterocycles. The fourth-order valence-electron chi connectivity index (χ4n) is 3.36. The van der Waals surface area contributed by atoms with E-state index in [9.17, 15) is 28.8 Å². The van der Waals surface area contributed by atoms with Crippen molar-refractivity contribution in [3.63, 3.8) is 0 Å². The maximum absolute atomic E-state index is 12.2. The standard InChI is InChI=1S/C25H18N2O8/c28-20-10-11-21(29)26(20)18-6-2-16(3-7-18)24(32)34-14-1-15-35-25(33)17-4-8-19(9-5-17)27-22(30)12-13-23(27)31/h2-13H,1,14-15H2. The minimum Gasteiger partial charge on any atom is -0.462 e. The fourth-order valence-corrected chi connectivity index (χ4v) is 3.36. The molecule has 2 aromatic rings. The van der Waals surface area contributed by atoms with Crippen molar-refractivity contribution >= 4 is 46.9 Å². The van der Waals surface area contributed by atoms with Crippen molar-refractivity contribution in [3.05, 3.63) is 84.0 Å². The number of rotatable bonds is 8. The van der Waals surface area contributed by atoms with Crippen molar-refractivity contribution in [2.45, 2.75) is 6.42 Å². The summed E-state index contributed by atoms with van der Waals surface area (Å²) < 4.78 is 10.3. The number of amides is 4. The number of benzene rings is 2. The molecule has 0 fully saturated rings. The Labute approximate surface area is 199 Å². The second-order valence-electron chi connectivity index (χ2n) is 7.41.